The summed E-state index contributed by atoms with van der Waals surface area (Å²) in [6.45, 7) is 5.89. The van der Waals surface area contributed by atoms with E-state index in [0.717, 1.165) is 57.2 Å². The van der Waals surface area contributed by atoms with E-state index in [1.807, 2.05) is 24.3 Å². The van der Waals surface area contributed by atoms with Crippen molar-refractivity contribution in [3.05, 3.63) is 76.8 Å². The second-order valence-electron chi connectivity index (χ2n) is 8.79. The molecular formula is C27H30N6O4S2. The first-order chi connectivity index (χ1) is 19.1. The standard InChI is InChI=1S/C27H30N6O4S2/c1-2-25-31-32-27(39-25)38-18-22-13-23(33-7-10-35-11-8-33)14-24(29-22)28-15-19-4-3-5-21(12-19)30-26(34)37-17-20-6-9-36-16-20/h3-6,9,12-14,16H,2,7-8,10-11,15,17-18H2,1H3,(H,28,29)(H,30,34). The molecule has 1 amide bonds. The van der Waals surface area contributed by atoms with E-state index in [1.165, 1.54) is 0 Å². The highest BCUT2D eigenvalue weighted by Crippen LogP contribution is 2.29. The normalized spacial score (nSPS) is 13.3. The minimum absolute atomic E-state index is 0.147. The number of carbonyl (C=O) groups is 1. The van der Waals surface area contributed by atoms with Crippen molar-refractivity contribution in [1.82, 2.24) is 15.2 Å². The van der Waals surface area contributed by atoms with Gasteiger partial charge in [0.1, 0.15) is 17.4 Å². The zero-order chi connectivity index (χ0) is 26.9. The lowest BCUT2D eigenvalue weighted by atomic mass is 10.2. The van der Waals surface area contributed by atoms with Gasteiger partial charge in [0.15, 0.2) is 4.34 Å². The van der Waals surface area contributed by atoms with Crippen LogP contribution in [0.1, 0.15) is 28.8 Å². The number of hydrogen-bond acceptors (Lipinski definition) is 11. The van der Waals surface area contributed by atoms with Crippen LogP contribution in [-0.2, 0) is 34.8 Å². The molecule has 12 heteroatoms. The highest BCUT2D eigenvalue weighted by Gasteiger charge is 2.15. The Morgan fingerprint density at radius 2 is 2.05 bits per heavy atom. The topological polar surface area (TPSA) is 115 Å². The van der Waals surface area contributed by atoms with Gasteiger partial charge in [0.05, 0.1) is 31.4 Å². The number of furan rings is 1. The minimum Gasteiger partial charge on any atom is -0.472 e. The molecule has 1 aliphatic heterocycles. The number of rotatable bonds is 11. The Balaban J connectivity index is 1.23. The van der Waals surface area contributed by atoms with E-state index in [2.05, 4.69) is 44.8 Å². The first kappa shape index (κ1) is 27.0. The zero-order valence-corrected chi connectivity index (χ0v) is 23.2. The maximum Gasteiger partial charge on any atom is 0.411 e. The molecule has 10 nitrogen and oxygen atoms in total. The van der Waals surface area contributed by atoms with E-state index in [1.54, 1.807) is 41.7 Å². The van der Waals surface area contributed by atoms with Crippen molar-refractivity contribution in [3.63, 3.8) is 0 Å². The van der Waals surface area contributed by atoms with Crippen LogP contribution in [0.3, 0.4) is 0 Å². The van der Waals surface area contributed by atoms with E-state index in [4.69, 9.17) is 18.9 Å². The quantitative estimate of drug-likeness (QED) is 0.223. The molecule has 0 spiro atoms. The van der Waals surface area contributed by atoms with Gasteiger partial charge in [-0.1, -0.05) is 42.2 Å². The van der Waals surface area contributed by atoms with Crippen LogP contribution >= 0.6 is 23.1 Å². The second-order valence-corrected chi connectivity index (χ2v) is 11.1. The van der Waals surface area contributed by atoms with Crippen LogP contribution in [0.15, 0.2) is 63.7 Å². The number of amides is 1. The van der Waals surface area contributed by atoms with E-state index >= 15 is 0 Å². The summed E-state index contributed by atoms with van der Waals surface area (Å²) in [7, 11) is 0. The van der Waals surface area contributed by atoms with Gasteiger partial charge in [0.2, 0.25) is 0 Å². The number of ether oxygens (including phenoxy) is 2. The van der Waals surface area contributed by atoms with Gasteiger partial charge in [-0.3, -0.25) is 5.32 Å². The van der Waals surface area contributed by atoms with Crippen molar-refractivity contribution >= 4 is 46.4 Å². The number of hydrogen-bond donors (Lipinski definition) is 2. The van der Waals surface area contributed by atoms with Crippen molar-refractivity contribution in [3.8, 4) is 0 Å². The van der Waals surface area contributed by atoms with E-state index in [9.17, 15) is 4.79 Å². The predicted octanol–water partition coefficient (Wildman–Crippen LogP) is 5.58. The molecule has 0 radical (unpaired) electrons. The maximum absolute atomic E-state index is 12.2. The monoisotopic (exact) mass is 566 g/mol. The molecule has 3 aromatic heterocycles. The van der Waals surface area contributed by atoms with Gasteiger partial charge >= 0.3 is 6.09 Å². The Labute approximate surface area is 235 Å². The maximum atomic E-state index is 12.2. The molecule has 0 aliphatic carbocycles. The molecule has 0 unspecified atom stereocenters. The Hall–Kier alpha value is -3.61. The van der Waals surface area contributed by atoms with Crippen LogP contribution in [-0.4, -0.2) is 47.6 Å². The lowest BCUT2D eigenvalue weighted by molar-refractivity contribution is 0.122. The van der Waals surface area contributed by atoms with E-state index in [-0.39, 0.29) is 6.61 Å². The smallest absolute Gasteiger partial charge is 0.411 e. The molecule has 4 heterocycles. The van der Waals surface area contributed by atoms with Crippen molar-refractivity contribution < 1.29 is 18.7 Å². The number of anilines is 3. The lowest BCUT2D eigenvalue weighted by Gasteiger charge is -2.29. The fraction of sp³-hybridized carbons (Fsp3) is 0.333. The Bertz CT molecular complexity index is 1360. The van der Waals surface area contributed by atoms with Gasteiger partial charge in [0, 0.05) is 48.4 Å². The van der Waals surface area contributed by atoms with Crippen LogP contribution < -0.4 is 15.5 Å². The third kappa shape index (κ3) is 7.94. The van der Waals surface area contributed by atoms with Crippen molar-refractivity contribution in [2.45, 2.75) is 36.6 Å². The Morgan fingerprint density at radius 3 is 2.85 bits per heavy atom. The molecule has 1 fully saturated rings. The molecule has 0 saturated carbocycles. The van der Waals surface area contributed by atoms with Gasteiger partial charge in [-0.25, -0.2) is 9.78 Å². The van der Waals surface area contributed by atoms with Crippen LogP contribution in [0.5, 0.6) is 0 Å². The summed E-state index contributed by atoms with van der Waals surface area (Å²) in [5.41, 5.74) is 4.53. The average Bonchev–Trinajstić information content (AvgIpc) is 3.67. The molecule has 5 rings (SSSR count). The SMILES string of the molecule is CCc1nnc(SCc2cc(N3CCOCC3)cc(NCc3cccc(NC(=O)OCc4ccoc4)c3)n2)s1. The number of aromatic nitrogens is 3. The minimum atomic E-state index is -0.523. The number of nitrogens with zero attached hydrogens (tertiary/aromatic N) is 4. The fourth-order valence-electron chi connectivity index (χ4n) is 3.94. The second kappa shape index (κ2) is 13.5. The third-order valence-corrected chi connectivity index (χ3v) is 8.17. The molecule has 0 atom stereocenters. The average molecular weight is 567 g/mol. The first-order valence-corrected chi connectivity index (χ1v) is 14.5. The Morgan fingerprint density at radius 1 is 1.15 bits per heavy atom. The van der Waals surface area contributed by atoms with E-state index in [0.29, 0.717) is 31.2 Å². The summed E-state index contributed by atoms with van der Waals surface area (Å²) >= 11 is 3.28. The fourth-order valence-corrected chi connectivity index (χ4v) is 5.67. The molecule has 39 heavy (non-hydrogen) atoms. The number of benzene rings is 1. The molecule has 4 aromatic rings. The van der Waals surface area contributed by atoms with Crippen LogP contribution in [0, 0.1) is 0 Å². The van der Waals surface area contributed by atoms with Gasteiger partial charge in [-0.05, 0) is 36.2 Å². The number of carbonyl (C=O) groups excluding carboxylic acids is 1. The van der Waals surface area contributed by atoms with Crippen LogP contribution in [0.2, 0.25) is 0 Å². The highest BCUT2D eigenvalue weighted by atomic mass is 32.2. The largest absolute Gasteiger partial charge is 0.472 e. The number of aryl methyl sites for hydroxylation is 1. The van der Waals surface area contributed by atoms with Gasteiger partial charge < -0.3 is 24.1 Å². The molecule has 1 aromatic carbocycles. The highest BCUT2D eigenvalue weighted by molar-refractivity contribution is 8.00. The third-order valence-electron chi connectivity index (χ3n) is 5.93. The summed E-state index contributed by atoms with van der Waals surface area (Å²) in [4.78, 5) is 19.4. The first-order valence-electron chi connectivity index (χ1n) is 12.7. The van der Waals surface area contributed by atoms with Crippen molar-refractivity contribution in [2.75, 3.05) is 41.8 Å². The Kier molecular flexibility index (Phi) is 9.30. The van der Waals surface area contributed by atoms with Crippen LogP contribution in [0.4, 0.5) is 22.0 Å². The summed E-state index contributed by atoms with van der Waals surface area (Å²) in [5, 5.41) is 15.8. The van der Waals surface area contributed by atoms with Gasteiger partial charge in [-0.2, -0.15) is 0 Å². The number of pyridine rings is 1. The zero-order valence-electron chi connectivity index (χ0n) is 21.6. The van der Waals surface area contributed by atoms with E-state index < -0.39 is 6.09 Å². The predicted molar refractivity (Wildman–Crippen MR) is 152 cm³/mol. The molecule has 2 N–H and O–H groups in total. The lowest BCUT2D eigenvalue weighted by Crippen LogP contribution is -2.36. The molecule has 0 bridgehead atoms. The summed E-state index contributed by atoms with van der Waals surface area (Å²) in [5.74, 6) is 1.49. The van der Waals surface area contributed by atoms with Crippen molar-refractivity contribution in [2.24, 2.45) is 0 Å². The number of thioether (sulfide) groups is 1. The van der Waals surface area contributed by atoms with Gasteiger partial charge in [-0.15, -0.1) is 10.2 Å². The van der Waals surface area contributed by atoms with Crippen molar-refractivity contribution in [1.29, 1.82) is 0 Å². The number of nitrogens with one attached hydrogen (secondary N) is 2. The molecular weight excluding hydrogens is 536 g/mol. The number of morpholine rings is 1. The molecule has 1 aliphatic rings. The molecule has 1 saturated heterocycles. The molecule has 204 valence electrons. The van der Waals surface area contributed by atoms with Gasteiger partial charge in [0.25, 0.3) is 0 Å². The summed E-state index contributed by atoms with van der Waals surface area (Å²) < 4.78 is 16.7. The van der Waals surface area contributed by atoms with Crippen LogP contribution in [0.25, 0.3) is 0 Å². The summed E-state index contributed by atoms with van der Waals surface area (Å²) in [6, 6.07) is 13.6. The summed E-state index contributed by atoms with van der Waals surface area (Å²) in [6.07, 6.45) is 3.45.